The quantitative estimate of drug-likeness (QED) is 0.624. The van der Waals surface area contributed by atoms with Crippen LogP contribution in [0.2, 0.25) is 0 Å². The Morgan fingerprint density at radius 2 is 1.52 bits per heavy atom. The van der Waals surface area contributed by atoms with E-state index < -0.39 is 18.0 Å². The molecular weight excluding hydrogens is 276 g/mol. The monoisotopic (exact) mass is 296 g/mol. The number of rotatable bonds is 4. The average Bonchev–Trinajstić information content (AvgIpc) is 2.47. The highest BCUT2D eigenvalue weighted by Crippen LogP contribution is 1.97. The van der Waals surface area contributed by atoms with Crippen molar-refractivity contribution >= 4 is 18.0 Å². The number of aliphatic hydroxyl groups excluding tert-OH is 2. The molecule has 21 heavy (non-hydrogen) atoms. The smallest absolute Gasteiger partial charge is 0.328 e. The van der Waals surface area contributed by atoms with Crippen molar-refractivity contribution in [2.45, 2.75) is 13.0 Å². The lowest BCUT2D eigenvalue weighted by Crippen LogP contribution is -2.03. The Bertz CT molecular complexity index is 421. The van der Waals surface area contributed by atoms with Crippen molar-refractivity contribution in [2.24, 2.45) is 0 Å². The molecule has 1 rings (SSSR count). The fraction of sp³-hybridized carbons (Fsp3) is 0.200. The van der Waals surface area contributed by atoms with Crippen molar-refractivity contribution in [3.05, 3.63) is 54.6 Å². The van der Waals surface area contributed by atoms with Crippen molar-refractivity contribution < 1.29 is 30.0 Å². The number of hydrogen-bond donors (Lipinski definition) is 4. The van der Waals surface area contributed by atoms with E-state index in [-0.39, 0.29) is 6.61 Å². The Labute approximate surface area is 123 Å². The van der Waals surface area contributed by atoms with Crippen molar-refractivity contribution in [1.82, 2.24) is 0 Å². The summed E-state index contributed by atoms with van der Waals surface area (Å²) in [6, 6.07) is 10.0. The maximum atomic E-state index is 9.55. The molecule has 0 aliphatic heterocycles. The van der Waals surface area contributed by atoms with Crippen LogP contribution in [0.15, 0.2) is 49.1 Å². The molecule has 6 nitrogen and oxygen atoms in total. The highest BCUT2D eigenvalue weighted by Gasteiger charge is 1.88. The van der Waals surface area contributed by atoms with Gasteiger partial charge in [0.25, 0.3) is 0 Å². The zero-order valence-corrected chi connectivity index (χ0v) is 11.7. The first-order valence-corrected chi connectivity index (χ1v) is 5.93. The van der Waals surface area contributed by atoms with Crippen LogP contribution >= 0.6 is 0 Å². The fourth-order valence-electron chi connectivity index (χ4n) is 0.732. The van der Waals surface area contributed by atoms with Crippen LogP contribution in [0.3, 0.4) is 0 Å². The second kappa shape index (κ2) is 14.0. The Kier molecular flexibility index (Phi) is 13.9. The van der Waals surface area contributed by atoms with E-state index in [1.54, 1.807) is 0 Å². The van der Waals surface area contributed by atoms with Gasteiger partial charge in [0.2, 0.25) is 0 Å². The van der Waals surface area contributed by atoms with Gasteiger partial charge in [-0.05, 0) is 12.5 Å². The molecule has 0 bridgehead atoms. The first-order chi connectivity index (χ1) is 9.83. The summed E-state index contributed by atoms with van der Waals surface area (Å²) in [5, 5.41) is 31.6. The van der Waals surface area contributed by atoms with Crippen LogP contribution in [0.4, 0.5) is 0 Å². The molecule has 0 aliphatic carbocycles. The van der Waals surface area contributed by atoms with E-state index in [2.05, 4.69) is 6.58 Å². The summed E-state index contributed by atoms with van der Waals surface area (Å²) in [6.07, 6.45) is 2.39. The Hall–Kier alpha value is -2.44. The predicted octanol–water partition coefficient (Wildman–Crippen LogP) is 1.40. The first kappa shape index (κ1) is 20.9. The van der Waals surface area contributed by atoms with E-state index in [0.29, 0.717) is 12.2 Å². The van der Waals surface area contributed by atoms with Gasteiger partial charge >= 0.3 is 11.9 Å². The number of carboxylic acid groups (broad SMARTS) is 2. The first-order valence-electron chi connectivity index (χ1n) is 5.93. The van der Waals surface area contributed by atoms with Crippen LogP contribution in [0.5, 0.6) is 0 Å². The summed E-state index contributed by atoms with van der Waals surface area (Å²) >= 11 is 0. The third kappa shape index (κ3) is 20.1. The Morgan fingerprint density at radius 3 is 1.71 bits per heavy atom. The summed E-state index contributed by atoms with van der Waals surface area (Å²) in [5.74, 6) is -2.51. The molecule has 0 aromatic heterocycles. The molecule has 6 heteroatoms. The molecule has 0 heterocycles. The van der Waals surface area contributed by atoms with Crippen LogP contribution in [0.1, 0.15) is 12.5 Å². The van der Waals surface area contributed by atoms with Crippen LogP contribution in [0, 0.1) is 0 Å². The highest BCUT2D eigenvalue weighted by molar-refractivity contribution is 5.89. The Balaban J connectivity index is 0. The number of aliphatic carboxylic acids is 2. The van der Waals surface area contributed by atoms with Crippen molar-refractivity contribution in [1.29, 1.82) is 0 Å². The molecule has 0 radical (unpaired) electrons. The largest absolute Gasteiger partial charge is 0.478 e. The molecule has 1 aromatic rings. The number of aliphatic hydroxyl groups is 2. The SMILES string of the molecule is C=Cc1ccccc1.CC(O)CO.O=C(O)C=CC(=O)O. The van der Waals surface area contributed by atoms with Gasteiger partial charge in [-0.15, -0.1) is 0 Å². The molecule has 0 fully saturated rings. The second-order valence-corrected chi connectivity index (χ2v) is 3.66. The van der Waals surface area contributed by atoms with Crippen LogP contribution in [-0.2, 0) is 9.59 Å². The number of hydrogen-bond acceptors (Lipinski definition) is 4. The maximum absolute atomic E-state index is 9.55. The van der Waals surface area contributed by atoms with Gasteiger partial charge in [0.15, 0.2) is 0 Å². The normalized spacial score (nSPS) is 10.4. The van der Waals surface area contributed by atoms with E-state index in [1.165, 1.54) is 12.5 Å². The van der Waals surface area contributed by atoms with Crippen LogP contribution in [-0.4, -0.2) is 45.1 Å². The zero-order chi connectivity index (χ0) is 16.7. The van der Waals surface area contributed by atoms with Gasteiger partial charge in [-0.1, -0.05) is 43.0 Å². The number of carboxylic acids is 2. The van der Waals surface area contributed by atoms with E-state index in [1.807, 2.05) is 36.4 Å². The van der Waals surface area contributed by atoms with E-state index >= 15 is 0 Å². The van der Waals surface area contributed by atoms with E-state index in [9.17, 15) is 9.59 Å². The summed E-state index contributed by atoms with van der Waals surface area (Å²) in [5.41, 5.74) is 1.17. The third-order valence-electron chi connectivity index (χ3n) is 1.67. The molecule has 116 valence electrons. The van der Waals surface area contributed by atoms with E-state index in [4.69, 9.17) is 20.4 Å². The number of benzene rings is 1. The van der Waals surface area contributed by atoms with Crippen molar-refractivity contribution in [2.75, 3.05) is 6.61 Å². The molecule has 0 saturated heterocycles. The van der Waals surface area contributed by atoms with Gasteiger partial charge in [0.1, 0.15) is 0 Å². The van der Waals surface area contributed by atoms with Gasteiger partial charge in [0.05, 0.1) is 12.7 Å². The standard InChI is InChI=1S/C8H8.C4H4O4.C3H8O2/c1-2-8-6-4-3-5-7-8;5-3(6)1-2-4(7)8;1-3(5)2-4/h2-7H,1H2;1-2H,(H,5,6)(H,7,8);3-5H,2H2,1H3. The molecule has 1 unspecified atom stereocenters. The van der Waals surface area contributed by atoms with Gasteiger partial charge in [0, 0.05) is 12.2 Å². The van der Waals surface area contributed by atoms with Crippen molar-refractivity contribution in [3.8, 4) is 0 Å². The third-order valence-corrected chi connectivity index (χ3v) is 1.67. The molecule has 0 saturated carbocycles. The topological polar surface area (TPSA) is 115 Å². The van der Waals surface area contributed by atoms with Gasteiger partial charge in [-0.2, -0.15) is 0 Å². The lowest BCUT2D eigenvalue weighted by Gasteiger charge is -1.90. The summed E-state index contributed by atoms with van der Waals surface area (Å²) < 4.78 is 0. The summed E-state index contributed by atoms with van der Waals surface area (Å²) in [7, 11) is 0. The maximum Gasteiger partial charge on any atom is 0.328 e. The zero-order valence-electron chi connectivity index (χ0n) is 11.7. The van der Waals surface area contributed by atoms with Crippen molar-refractivity contribution in [3.63, 3.8) is 0 Å². The van der Waals surface area contributed by atoms with Gasteiger partial charge in [-0.3, -0.25) is 0 Å². The average molecular weight is 296 g/mol. The van der Waals surface area contributed by atoms with Crippen LogP contribution in [0.25, 0.3) is 6.08 Å². The highest BCUT2D eigenvalue weighted by atomic mass is 16.4. The van der Waals surface area contributed by atoms with Gasteiger partial charge in [-0.25, -0.2) is 9.59 Å². The predicted molar refractivity (Wildman–Crippen MR) is 79.7 cm³/mol. The fourth-order valence-corrected chi connectivity index (χ4v) is 0.732. The lowest BCUT2D eigenvalue weighted by atomic mass is 10.2. The minimum absolute atomic E-state index is 0.139. The molecule has 1 atom stereocenters. The molecule has 0 amide bonds. The minimum atomic E-state index is -1.26. The molecule has 4 N–H and O–H groups in total. The molecular formula is C15H20O6. The molecule has 0 spiro atoms. The Morgan fingerprint density at radius 1 is 1.14 bits per heavy atom. The molecule has 0 aliphatic rings. The summed E-state index contributed by atoms with van der Waals surface area (Å²) in [6.45, 7) is 5.02. The summed E-state index contributed by atoms with van der Waals surface area (Å²) in [4.78, 5) is 19.1. The lowest BCUT2D eigenvalue weighted by molar-refractivity contribution is -0.134. The number of carbonyl (C=O) groups is 2. The minimum Gasteiger partial charge on any atom is -0.478 e. The van der Waals surface area contributed by atoms with Crippen LogP contribution < -0.4 is 0 Å². The second-order valence-electron chi connectivity index (χ2n) is 3.66. The van der Waals surface area contributed by atoms with Gasteiger partial charge < -0.3 is 20.4 Å². The van der Waals surface area contributed by atoms with E-state index in [0.717, 1.165) is 0 Å². The molecule has 1 aromatic carbocycles.